The summed E-state index contributed by atoms with van der Waals surface area (Å²) in [5, 5.41) is 2.84. The molecule has 0 spiro atoms. The van der Waals surface area contributed by atoms with Crippen LogP contribution < -0.4 is 15.8 Å². The van der Waals surface area contributed by atoms with Crippen molar-refractivity contribution in [2.75, 3.05) is 11.1 Å². The summed E-state index contributed by atoms with van der Waals surface area (Å²) in [5.74, 6) is 1.43. The third-order valence-corrected chi connectivity index (χ3v) is 4.55. The van der Waals surface area contributed by atoms with Crippen LogP contribution in [0.3, 0.4) is 0 Å². The molecule has 1 aromatic heterocycles. The minimum Gasteiger partial charge on any atom is -0.457 e. The first-order valence-corrected chi connectivity index (χ1v) is 9.38. The van der Waals surface area contributed by atoms with Crippen molar-refractivity contribution in [1.29, 1.82) is 0 Å². The highest BCUT2D eigenvalue weighted by Gasteiger charge is 2.13. The minimum absolute atomic E-state index is 0.229. The van der Waals surface area contributed by atoms with Crippen LogP contribution >= 0.6 is 0 Å². The molecule has 1 amide bonds. The maximum Gasteiger partial charge on any atom is 0.259 e. The largest absolute Gasteiger partial charge is 0.457 e. The monoisotopic (exact) mass is 375 g/mol. The van der Waals surface area contributed by atoms with Gasteiger partial charge < -0.3 is 15.8 Å². The number of nitrogens with one attached hydrogen (secondary N) is 1. The summed E-state index contributed by atoms with van der Waals surface area (Å²) in [4.78, 5) is 16.7. The second-order valence-electron chi connectivity index (χ2n) is 6.80. The molecular formula is C23H25N3O2. The zero-order valence-corrected chi connectivity index (χ0v) is 16.5. The molecule has 5 nitrogen and oxygen atoms in total. The van der Waals surface area contributed by atoms with Crippen molar-refractivity contribution in [3.8, 4) is 11.5 Å². The van der Waals surface area contributed by atoms with Gasteiger partial charge in [-0.15, -0.1) is 0 Å². The molecule has 0 saturated heterocycles. The van der Waals surface area contributed by atoms with E-state index in [1.807, 2.05) is 38.1 Å². The van der Waals surface area contributed by atoms with Gasteiger partial charge in [0.1, 0.15) is 17.3 Å². The smallest absolute Gasteiger partial charge is 0.259 e. The van der Waals surface area contributed by atoms with Crippen LogP contribution in [0.15, 0.2) is 54.6 Å². The predicted octanol–water partition coefficient (Wildman–Crippen LogP) is 5.28. The number of aromatic nitrogens is 1. The normalized spacial score (nSPS) is 10.5. The fourth-order valence-electron chi connectivity index (χ4n) is 2.86. The predicted molar refractivity (Wildman–Crippen MR) is 113 cm³/mol. The van der Waals surface area contributed by atoms with Crippen LogP contribution in [0, 0.1) is 13.8 Å². The van der Waals surface area contributed by atoms with Gasteiger partial charge in [-0.25, -0.2) is 4.98 Å². The number of amides is 1. The summed E-state index contributed by atoms with van der Waals surface area (Å²) in [7, 11) is 0. The molecule has 0 aliphatic carbocycles. The van der Waals surface area contributed by atoms with Gasteiger partial charge in [-0.3, -0.25) is 4.79 Å². The van der Waals surface area contributed by atoms with Crippen molar-refractivity contribution < 1.29 is 9.53 Å². The molecule has 0 fully saturated rings. The first-order chi connectivity index (χ1) is 13.5. The Bertz CT molecular complexity index is 964. The number of aryl methyl sites for hydroxylation is 3. The van der Waals surface area contributed by atoms with Crippen molar-refractivity contribution in [2.24, 2.45) is 0 Å². The summed E-state index contributed by atoms with van der Waals surface area (Å²) >= 11 is 0. The lowest BCUT2D eigenvalue weighted by Crippen LogP contribution is -2.15. The number of nitrogens with two attached hydrogens (primary N) is 1. The number of benzene rings is 2. The number of nitrogen functional groups attached to an aromatic ring is 1. The van der Waals surface area contributed by atoms with E-state index in [0.29, 0.717) is 17.0 Å². The average Bonchev–Trinajstić information content (AvgIpc) is 2.68. The standard InChI is InChI=1S/C23H25N3O2/c1-4-5-17-6-10-19(11-7-17)28-20-12-8-18(9-13-20)26-23(27)21-14-15(2)16(3)25-22(21)24/h6-14H,4-5H2,1-3H3,(H2,24,25)(H,26,27). The van der Waals surface area contributed by atoms with Crippen LogP contribution in [0.2, 0.25) is 0 Å². The van der Waals surface area contributed by atoms with Gasteiger partial charge in [-0.1, -0.05) is 25.5 Å². The van der Waals surface area contributed by atoms with E-state index in [-0.39, 0.29) is 11.7 Å². The Kier molecular flexibility index (Phi) is 5.94. The maximum absolute atomic E-state index is 12.5. The summed E-state index contributed by atoms with van der Waals surface area (Å²) in [5.41, 5.74) is 9.96. The van der Waals surface area contributed by atoms with Gasteiger partial charge in [0.2, 0.25) is 0 Å². The zero-order valence-electron chi connectivity index (χ0n) is 16.5. The quantitative estimate of drug-likeness (QED) is 0.615. The summed E-state index contributed by atoms with van der Waals surface area (Å²) in [6.45, 7) is 5.93. The summed E-state index contributed by atoms with van der Waals surface area (Å²) < 4.78 is 5.86. The van der Waals surface area contributed by atoms with Gasteiger partial charge in [0.15, 0.2) is 0 Å². The first-order valence-electron chi connectivity index (χ1n) is 9.38. The molecule has 3 N–H and O–H groups in total. The molecular weight excluding hydrogens is 350 g/mol. The highest BCUT2D eigenvalue weighted by atomic mass is 16.5. The molecule has 0 radical (unpaired) electrons. The highest BCUT2D eigenvalue weighted by Crippen LogP contribution is 2.24. The maximum atomic E-state index is 12.5. The molecule has 3 aromatic rings. The number of hydrogen-bond acceptors (Lipinski definition) is 4. The fraction of sp³-hybridized carbons (Fsp3) is 0.217. The van der Waals surface area contributed by atoms with Crippen molar-refractivity contribution >= 4 is 17.4 Å². The minimum atomic E-state index is -0.284. The third kappa shape index (κ3) is 4.68. The molecule has 0 aliphatic heterocycles. The number of carbonyl (C=O) groups is 1. The Hall–Kier alpha value is -3.34. The third-order valence-electron chi connectivity index (χ3n) is 4.55. The first kappa shape index (κ1) is 19.4. The van der Waals surface area contributed by atoms with E-state index in [1.165, 1.54) is 5.56 Å². The number of pyridine rings is 1. The lowest BCUT2D eigenvalue weighted by molar-refractivity contribution is 0.102. The molecule has 3 rings (SSSR count). The van der Waals surface area contributed by atoms with Gasteiger partial charge >= 0.3 is 0 Å². The molecule has 0 aliphatic rings. The van der Waals surface area contributed by atoms with Crippen molar-refractivity contribution in [3.05, 3.63) is 77.0 Å². The van der Waals surface area contributed by atoms with E-state index in [0.717, 1.165) is 29.8 Å². The van der Waals surface area contributed by atoms with Crippen molar-refractivity contribution in [1.82, 2.24) is 4.98 Å². The Balaban J connectivity index is 1.65. The summed E-state index contributed by atoms with van der Waals surface area (Å²) in [6.07, 6.45) is 2.19. The van der Waals surface area contributed by atoms with Crippen molar-refractivity contribution in [2.45, 2.75) is 33.6 Å². The Morgan fingerprint density at radius 2 is 1.64 bits per heavy atom. The number of ether oxygens (including phenoxy) is 1. The molecule has 0 bridgehead atoms. The molecule has 144 valence electrons. The molecule has 5 heteroatoms. The van der Waals surface area contributed by atoms with Gasteiger partial charge in [-0.05, 0) is 73.9 Å². The van der Waals surface area contributed by atoms with Crippen LogP contribution in [-0.4, -0.2) is 10.9 Å². The van der Waals surface area contributed by atoms with Crippen LogP contribution in [0.4, 0.5) is 11.5 Å². The van der Waals surface area contributed by atoms with Gasteiger partial charge in [0.05, 0.1) is 5.56 Å². The Morgan fingerprint density at radius 3 is 2.25 bits per heavy atom. The molecule has 1 heterocycles. The number of hydrogen-bond donors (Lipinski definition) is 2. The number of rotatable bonds is 6. The molecule has 0 atom stereocenters. The van der Waals surface area contributed by atoms with Crippen molar-refractivity contribution in [3.63, 3.8) is 0 Å². The molecule has 28 heavy (non-hydrogen) atoms. The van der Waals surface area contributed by atoms with Gasteiger partial charge in [0, 0.05) is 11.4 Å². The van der Waals surface area contributed by atoms with Gasteiger partial charge in [0.25, 0.3) is 5.91 Å². The Labute approximate surface area is 165 Å². The van der Waals surface area contributed by atoms with Gasteiger partial charge in [-0.2, -0.15) is 0 Å². The second-order valence-corrected chi connectivity index (χ2v) is 6.80. The van der Waals surface area contributed by atoms with E-state index in [2.05, 4.69) is 29.4 Å². The van der Waals surface area contributed by atoms with Crippen LogP contribution in [0.1, 0.15) is 40.5 Å². The molecule has 0 saturated carbocycles. The fourth-order valence-corrected chi connectivity index (χ4v) is 2.86. The molecule has 0 unspecified atom stereocenters. The van der Waals surface area contributed by atoms with E-state index in [9.17, 15) is 4.79 Å². The average molecular weight is 375 g/mol. The zero-order chi connectivity index (χ0) is 20.1. The van der Waals surface area contributed by atoms with Crippen LogP contribution in [-0.2, 0) is 6.42 Å². The van der Waals surface area contributed by atoms with E-state index in [1.54, 1.807) is 18.2 Å². The number of nitrogens with zero attached hydrogens (tertiary/aromatic N) is 1. The lowest BCUT2D eigenvalue weighted by Gasteiger charge is -2.11. The van der Waals surface area contributed by atoms with Crippen LogP contribution in [0.25, 0.3) is 0 Å². The van der Waals surface area contributed by atoms with E-state index >= 15 is 0 Å². The van der Waals surface area contributed by atoms with E-state index < -0.39 is 0 Å². The number of anilines is 2. The topological polar surface area (TPSA) is 77.2 Å². The number of carbonyl (C=O) groups excluding carboxylic acids is 1. The highest BCUT2D eigenvalue weighted by molar-refractivity contribution is 6.07. The lowest BCUT2D eigenvalue weighted by atomic mass is 10.1. The van der Waals surface area contributed by atoms with E-state index in [4.69, 9.17) is 10.5 Å². The molecule has 2 aromatic carbocycles. The second kappa shape index (κ2) is 8.57. The SMILES string of the molecule is CCCc1ccc(Oc2ccc(NC(=O)c3cc(C)c(C)nc3N)cc2)cc1. The summed E-state index contributed by atoms with van der Waals surface area (Å²) in [6, 6.07) is 17.1. The van der Waals surface area contributed by atoms with Crippen LogP contribution in [0.5, 0.6) is 11.5 Å². The Morgan fingerprint density at radius 1 is 1.04 bits per heavy atom.